The first-order valence-corrected chi connectivity index (χ1v) is 7.94. The second kappa shape index (κ2) is 7.63. The summed E-state index contributed by atoms with van der Waals surface area (Å²) in [6, 6.07) is 5.69. The number of benzene rings is 1. The van der Waals surface area contributed by atoms with E-state index in [1.54, 1.807) is 6.07 Å². The van der Waals surface area contributed by atoms with Gasteiger partial charge in [0, 0.05) is 19.6 Å². The van der Waals surface area contributed by atoms with Crippen LogP contribution in [-0.2, 0) is 6.54 Å². The lowest BCUT2D eigenvalue weighted by molar-refractivity contribution is 0.520. The van der Waals surface area contributed by atoms with Crippen molar-refractivity contribution in [3.63, 3.8) is 0 Å². The highest BCUT2D eigenvalue weighted by atomic mass is 19.1. The van der Waals surface area contributed by atoms with Gasteiger partial charge in [-0.25, -0.2) is 4.39 Å². The van der Waals surface area contributed by atoms with Crippen LogP contribution in [0.5, 0.6) is 0 Å². The van der Waals surface area contributed by atoms with E-state index >= 15 is 0 Å². The van der Waals surface area contributed by atoms with Crippen LogP contribution in [-0.4, -0.2) is 19.6 Å². The molecule has 1 N–H and O–H groups in total. The van der Waals surface area contributed by atoms with E-state index in [1.165, 1.54) is 19.3 Å². The molecule has 1 unspecified atom stereocenters. The van der Waals surface area contributed by atoms with E-state index in [4.69, 9.17) is 0 Å². The molecule has 2 rings (SSSR count). The van der Waals surface area contributed by atoms with Gasteiger partial charge in [0.2, 0.25) is 0 Å². The molecule has 1 saturated heterocycles. The molecule has 1 atom stereocenters. The van der Waals surface area contributed by atoms with Gasteiger partial charge in [0.15, 0.2) is 0 Å². The van der Waals surface area contributed by atoms with Crippen molar-refractivity contribution in [1.29, 1.82) is 0 Å². The Labute approximate surface area is 122 Å². The van der Waals surface area contributed by atoms with Crippen molar-refractivity contribution >= 4 is 5.69 Å². The Morgan fingerprint density at radius 2 is 2.15 bits per heavy atom. The Morgan fingerprint density at radius 3 is 2.90 bits per heavy atom. The normalized spacial score (nSPS) is 19.9. The number of anilines is 1. The molecule has 1 aromatic carbocycles. The maximum atomic E-state index is 14.3. The molecule has 1 aliphatic heterocycles. The van der Waals surface area contributed by atoms with Crippen molar-refractivity contribution < 1.29 is 4.39 Å². The van der Waals surface area contributed by atoms with Crippen LogP contribution < -0.4 is 10.2 Å². The van der Waals surface area contributed by atoms with Crippen molar-refractivity contribution in [2.45, 2.75) is 46.1 Å². The molecule has 1 fully saturated rings. The number of nitrogens with one attached hydrogen (secondary N) is 1. The zero-order valence-electron chi connectivity index (χ0n) is 12.8. The molecule has 0 aliphatic carbocycles. The Hall–Kier alpha value is -1.09. The summed E-state index contributed by atoms with van der Waals surface area (Å²) in [7, 11) is 0. The zero-order valence-corrected chi connectivity index (χ0v) is 12.8. The third kappa shape index (κ3) is 4.20. The molecule has 0 radical (unpaired) electrons. The summed E-state index contributed by atoms with van der Waals surface area (Å²) < 4.78 is 14.3. The molecule has 0 aromatic heterocycles. The molecule has 0 spiro atoms. The standard InChI is InChI=1S/C17H27FN2/c1-3-9-19-13-15-6-7-17(16(18)12-15)20-10-4-5-14(2)8-11-20/h6-7,12,14,19H,3-5,8-11,13H2,1-2H3. The Bertz CT molecular complexity index is 419. The molecule has 0 saturated carbocycles. The number of nitrogens with zero attached hydrogens (tertiary/aromatic N) is 1. The highest BCUT2D eigenvalue weighted by molar-refractivity contribution is 5.49. The molecule has 1 aliphatic rings. The van der Waals surface area contributed by atoms with Gasteiger partial charge in [-0.1, -0.05) is 19.9 Å². The van der Waals surface area contributed by atoms with Crippen molar-refractivity contribution in [2.24, 2.45) is 5.92 Å². The predicted octanol–water partition coefficient (Wildman–Crippen LogP) is 3.95. The van der Waals surface area contributed by atoms with E-state index < -0.39 is 0 Å². The largest absolute Gasteiger partial charge is 0.369 e. The minimum absolute atomic E-state index is 0.0737. The number of halogens is 1. The first kappa shape index (κ1) is 15.3. The SMILES string of the molecule is CCCNCc1ccc(N2CCCC(C)CC2)c(F)c1. The molecule has 0 amide bonds. The molecule has 112 valence electrons. The van der Waals surface area contributed by atoms with Crippen LogP contribution in [0, 0.1) is 11.7 Å². The van der Waals surface area contributed by atoms with E-state index in [9.17, 15) is 4.39 Å². The number of rotatable bonds is 5. The molecular weight excluding hydrogens is 251 g/mol. The van der Waals surface area contributed by atoms with Gasteiger partial charge in [0.1, 0.15) is 5.82 Å². The fraction of sp³-hybridized carbons (Fsp3) is 0.647. The first-order chi connectivity index (χ1) is 9.70. The van der Waals surface area contributed by atoms with E-state index in [-0.39, 0.29) is 5.82 Å². The van der Waals surface area contributed by atoms with Crippen LogP contribution in [0.15, 0.2) is 18.2 Å². The van der Waals surface area contributed by atoms with Crippen LogP contribution >= 0.6 is 0 Å². The first-order valence-electron chi connectivity index (χ1n) is 7.94. The van der Waals surface area contributed by atoms with Crippen LogP contribution in [0.25, 0.3) is 0 Å². The minimum Gasteiger partial charge on any atom is -0.369 e. The highest BCUT2D eigenvalue weighted by Crippen LogP contribution is 2.25. The lowest BCUT2D eigenvalue weighted by Gasteiger charge is -2.23. The maximum absolute atomic E-state index is 14.3. The van der Waals surface area contributed by atoms with E-state index in [1.807, 2.05) is 6.07 Å². The lowest BCUT2D eigenvalue weighted by Crippen LogP contribution is -2.25. The second-order valence-corrected chi connectivity index (χ2v) is 5.99. The summed E-state index contributed by atoms with van der Waals surface area (Å²) in [6.07, 6.45) is 4.70. The van der Waals surface area contributed by atoms with Crippen LogP contribution in [0.1, 0.15) is 45.1 Å². The van der Waals surface area contributed by atoms with E-state index in [0.717, 1.165) is 49.8 Å². The monoisotopic (exact) mass is 278 g/mol. The van der Waals surface area contributed by atoms with Crippen molar-refractivity contribution in [1.82, 2.24) is 5.32 Å². The van der Waals surface area contributed by atoms with Gasteiger partial charge < -0.3 is 10.2 Å². The Balaban J connectivity index is 2.01. The lowest BCUT2D eigenvalue weighted by atomic mass is 10.0. The summed E-state index contributed by atoms with van der Waals surface area (Å²) in [5, 5.41) is 3.31. The van der Waals surface area contributed by atoms with Gasteiger partial charge in [-0.15, -0.1) is 0 Å². The van der Waals surface area contributed by atoms with Gasteiger partial charge in [-0.05, 0) is 55.8 Å². The Kier molecular flexibility index (Phi) is 5.84. The van der Waals surface area contributed by atoms with Gasteiger partial charge in [0.25, 0.3) is 0 Å². The van der Waals surface area contributed by atoms with Crippen molar-refractivity contribution in [3.8, 4) is 0 Å². The summed E-state index contributed by atoms with van der Waals surface area (Å²) in [5.41, 5.74) is 1.81. The van der Waals surface area contributed by atoms with Gasteiger partial charge in [-0.3, -0.25) is 0 Å². The average molecular weight is 278 g/mol. The van der Waals surface area contributed by atoms with Crippen molar-refractivity contribution in [2.75, 3.05) is 24.5 Å². The minimum atomic E-state index is -0.0737. The average Bonchev–Trinajstić information content (AvgIpc) is 2.64. The van der Waals surface area contributed by atoms with E-state index in [2.05, 4.69) is 30.1 Å². The molecule has 1 heterocycles. The van der Waals surface area contributed by atoms with Gasteiger partial charge in [0.05, 0.1) is 5.69 Å². The van der Waals surface area contributed by atoms with Gasteiger partial charge >= 0.3 is 0 Å². The molecule has 2 nitrogen and oxygen atoms in total. The fourth-order valence-electron chi connectivity index (χ4n) is 2.83. The molecule has 20 heavy (non-hydrogen) atoms. The quantitative estimate of drug-likeness (QED) is 0.820. The third-order valence-corrected chi connectivity index (χ3v) is 4.13. The summed E-state index contributed by atoms with van der Waals surface area (Å²) in [4.78, 5) is 2.21. The summed E-state index contributed by atoms with van der Waals surface area (Å²) >= 11 is 0. The van der Waals surface area contributed by atoms with Crippen LogP contribution in [0.2, 0.25) is 0 Å². The molecular formula is C17H27FN2. The number of hydrogen-bond donors (Lipinski definition) is 1. The van der Waals surface area contributed by atoms with Crippen molar-refractivity contribution in [3.05, 3.63) is 29.6 Å². The second-order valence-electron chi connectivity index (χ2n) is 5.99. The van der Waals surface area contributed by atoms with Crippen LogP contribution in [0.3, 0.4) is 0 Å². The summed E-state index contributed by atoms with van der Waals surface area (Å²) in [5.74, 6) is 0.691. The van der Waals surface area contributed by atoms with Crippen LogP contribution in [0.4, 0.5) is 10.1 Å². The molecule has 3 heteroatoms. The zero-order chi connectivity index (χ0) is 14.4. The number of hydrogen-bond acceptors (Lipinski definition) is 2. The third-order valence-electron chi connectivity index (χ3n) is 4.13. The molecule has 1 aromatic rings. The summed E-state index contributed by atoms with van der Waals surface area (Å²) in [6.45, 7) is 8.12. The maximum Gasteiger partial charge on any atom is 0.146 e. The Morgan fingerprint density at radius 1 is 1.30 bits per heavy atom. The fourth-order valence-corrected chi connectivity index (χ4v) is 2.83. The van der Waals surface area contributed by atoms with Gasteiger partial charge in [-0.2, -0.15) is 0 Å². The highest BCUT2D eigenvalue weighted by Gasteiger charge is 2.16. The smallest absolute Gasteiger partial charge is 0.146 e. The topological polar surface area (TPSA) is 15.3 Å². The van der Waals surface area contributed by atoms with E-state index in [0.29, 0.717) is 0 Å². The molecule has 0 bridgehead atoms. The predicted molar refractivity (Wildman–Crippen MR) is 83.6 cm³/mol.